The topological polar surface area (TPSA) is 57.6 Å². The molecular weight excluding hydrogens is 182 g/mol. The normalized spacial score (nSPS) is 29.4. The summed E-state index contributed by atoms with van der Waals surface area (Å²) in [6.45, 7) is 2.44. The van der Waals surface area contributed by atoms with E-state index >= 15 is 0 Å². The quantitative estimate of drug-likeness (QED) is 0.725. The molecule has 1 aliphatic carbocycles. The summed E-state index contributed by atoms with van der Waals surface area (Å²) in [6.07, 6.45) is 2.55. The van der Waals surface area contributed by atoms with E-state index in [9.17, 15) is 9.59 Å². The van der Waals surface area contributed by atoms with Crippen molar-refractivity contribution in [3.8, 4) is 0 Å². The molecule has 4 nitrogen and oxygen atoms in total. The Morgan fingerprint density at radius 1 is 1.57 bits per heavy atom. The highest BCUT2D eigenvalue weighted by Crippen LogP contribution is 2.37. The lowest BCUT2D eigenvalue weighted by Gasteiger charge is -2.24. The first-order valence-electron chi connectivity index (χ1n) is 5.12. The van der Waals surface area contributed by atoms with Gasteiger partial charge in [-0.2, -0.15) is 0 Å². The molecule has 1 aliphatic heterocycles. The average molecular weight is 197 g/mol. The van der Waals surface area contributed by atoms with E-state index in [1.165, 1.54) is 12.8 Å². The van der Waals surface area contributed by atoms with E-state index in [4.69, 9.17) is 5.11 Å². The Balaban J connectivity index is 1.99. The van der Waals surface area contributed by atoms with Crippen LogP contribution in [0.25, 0.3) is 0 Å². The Labute approximate surface area is 82.9 Å². The van der Waals surface area contributed by atoms with Crippen molar-refractivity contribution in [2.24, 2.45) is 11.8 Å². The zero-order chi connectivity index (χ0) is 10.3. The lowest BCUT2D eigenvalue weighted by atomic mass is 10.1. The van der Waals surface area contributed by atoms with E-state index in [0.717, 1.165) is 0 Å². The van der Waals surface area contributed by atoms with Gasteiger partial charge >= 0.3 is 5.97 Å². The fourth-order valence-electron chi connectivity index (χ4n) is 2.12. The Morgan fingerprint density at radius 3 is 2.64 bits per heavy atom. The smallest absolute Gasteiger partial charge is 0.308 e. The molecule has 0 bridgehead atoms. The molecule has 2 unspecified atom stereocenters. The first-order valence-corrected chi connectivity index (χ1v) is 5.12. The zero-order valence-corrected chi connectivity index (χ0v) is 8.27. The third kappa shape index (κ3) is 1.61. The monoisotopic (exact) mass is 197 g/mol. The highest BCUT2D eigenvalue weighted by atomic mass is 16.4. The molecule has 1 heterocycles. The largest absolute Gasteiger partial charge is 0.481 e. The molecule has 2 fully saturated rings. The zero-order valence-electron chi connectivity index (χ0n) is 8.27. The first kappa shape index (κ1) is 9.49. The SMILES string of the molecule is CC(C1CC1)N1CC(C(=O)O)CC1=O. The van der Waals surface area contributed by atoms with Gasteiger partial charge in [0.1, 0.15) is 0 Å². The number of rotatable bonds is 3. The van der Waals surface area contributed by atoms with Crippen LogP contribution in [0.2, 0.25) is 0 Å². The summed E-state index contributed by atoms with van der Waals surface area (Å²) in [6, 6.07) is 0.242. The molecule has 14 heavy (non-hydrogen) atoms. The molecule has 1 amide bonds. The minimum Gasteiger partial charge on any atom is -0.481 e. The fraction of sp³-hybridized carbons (Fsp3) is 0.800. The van der Waals surface area contributed by atoms with Crippen molar-refractivity contribution in [2.75, 3.05) is 6.54 Å². The van der Waals surface area contributed by atoms with E-state index in [1.54, 1.807) is 4.90 Å². The highest BCUT2D eigenvalue weighted by molar-refractivity contribution is 5.86. The van der Waals surface area contributed by atoms with Crippen molar-refractivity contribution in [1.82, 2.24) is 4.90 Å². The number of aliphatic carboxylic acids is 1. The fourth-order valence-corrected chi connectivity index (χ4v) is 2.12. The van der Waals surface area contributed by atoms with Crippen LogP contribution in [0, 0.1) is 11.8 Å². The van der Waals surface area contributed by atoms with Crippen LogP contribution in [-0.4, -0.2) is 34.5 Å². The molecule has 4 heteroatoms. The second-order valence-corrected chi connectivity index (χ2v) is 4.36. The van der Waals surface area contributed by atoms with Gasteiger partial charge in [0.15, 0.2) is 0 Å². The average Bonchev–Trinajstić information content (AvgIpc) is 2.88. The van der Waals surface area contributed by atoms with E-state index in [2.05, 4.69) is 0 Å². The molecule has 2 rings (SSSR count). The maximum atomic E-state index is 11.5. The molecule has 1 saturated heterocycles. The summed E-state index contributed by atoms with van der Waals surface area (Å²) < 4.78 is 0. The minimum absolute atomic E-state index is 0.0109. The molecule has 0 aromatic rings. The van der Waals surface area contributed by atoms with Crippen molar-refractivity contribution in [3.05, 3.63) is 0 Å². The lowest BCUT2D eigenvalue weighted by Crippen LogP contribution is -2.36. The van der Waals surface area contributed by atoms with Crippen molar-refractivity contribution >= 4 is 11.9 Å². The van der Waals surface area contributed by atoms with Gasteiger partial charge in [-0.05, 0) is 25.7 Å². The van der Waals surface area contributed by atoms with E-state index in [1.807, 2.05) is 6.92 Å². The van der Waals surface area contributed by atoms with Crippen LogP contribution in [0.4, 0.5) is 0 Å². The Morgan fingerprint density at radius 2 is 2.21 bits per heavy atom. The number of carboxylic acids is 1. The van der Waals surface area contributed by atoms with Crippen LogP contribution in [-0.2, 0) is 9.59 Å². The maximum Gasteiger partial charge on any atom is 0.308 e. The van der Waals surface area contributed by atoms with E-state index < -0.39 is 11.9 Å². The number of amides is 1. The Hall–Kier alpha value is -1.06. The predicted octanol–water partition coefficient (Wildman–Crippen LogP) is 0.718. The molecule has 0 aromatic heterocycles. The van der Waals surface area contributed by atoms with Crippen molar-refractivity contribution in [3.63, 3.8) is 0 Å². The van der Waals surface area contributed by atoms with Crippen LogP contribution in [0.5, 0.6) is 0 Å². The van der Waals surface area contributed by atoms with Gasteiger partial charge in [0.05, 0.1) is 5.92 Å². The summed E-state index contributed by atoms with van der Waals surface area (Å²) >= 11 is 0. The lowest BCUT2D eigenvalue weighted by molar-refractivity contribution is -0.141. The van der Waals surface area contributed by atoms with Gasteiger partial charge in [-0.3, -0.25) is 9.59 Å². The second-order valence-electron chi connectivity index (χ2n) is 4.36. The molecule has 78 valence electrons. The van der Waals surface area contributed by atoms with Crippen molar-refractivity contribution in [2.45, 2.75) is 32.2 Å². The summed E-state index contributed by atoms with van der Waals surface area (Å²) in [5.41, 5.74) is 0. The number of hydrogen-bond acceptors (Lipinski definition) is 2. The molecule has 0 aromatic carbocycles. The van der Waals surface area contributed by atoms with Crippen LogP contribution < -0.4 is 0 Å². The molecule has 2 atom stereocenters. The molecule has 0 spiro atoms. The van der Waals surface area contributed by atoms with E-state index in [-0.39, 0.29) is 18.4 Å². The summed E-state index contributed by atoms with van der Waals surface area (Å²) in [5.74, 6) is -0.698. The van der Waals surface area contributed by atoms with Gasteiger partial charge in [0, 0.05) is 19.0 Å². The number of nitrogens with zero attached hydrogens (tertiary/aromatic N) is 1. The summed E-state index contributed by atoms with van der Waals surface area (Å²) in [4.78, 5) is 24.0. The van der Waals surface area contributed by atoms with Crippen molar-refractivity contribution < 1.29 is 14.7 Å². The molecule has 1 N–H and O–H groups in total. The third-order valence-corrected chi connectivity index (χ3v) is 3.30. The molecule has 0 radical (unpaired) electrons. The standard InChI is InChI=1S/C10H15NO3/c1-6(7-2-3-7)11-5-8(10(13)14)4-9(11)12/h6-8H,2-5H2,1H3,(H,13,14). The Bertz CT molecular complexity index is 273. The third-order valence-electron chi connectivity index (χ3n) is 3.30. The maximum absolute atomic E-state index is 11.5. The minimum atomic E-state index is -0.844. The van der Waals surface area contributed by atoms with Crippen LogP contribution in [0.3, 0.4) is 0 Å². The van der Waals surface area contributed by atoms with E-state index in [0.29, 0.717) is 12.5 Å². The molecule has 2 aliphatic rings. The molecular formula is C10H15NO3. The predicted molar refractivity (Wildman–Crippen MR) is 49.6 cm³/mol. The van der Waals surface area contributed by atoms with Crippen LogP contribution >= 0.6 is 0 Å². The highest BCUT2D eigenvalue weighted by Gasteiger charge is 2.41. The number of likely N-dealkylation sites (tertiary alicyclic amines) is 1. The Kier molecular flexibility index (Phi) is 2.21. The number of hydrogen-bond donors (Lipinski definition) is 1. The van der Waals surface area contributed by atoms with Gasteiger partial charge in [0.25, 0.3) is 0 Å². The molecule has 1 saturated carbocycles. The van der Waals surface area contributed by atoms with Gasteiger partial charge in [-0.15, -0.1) is 0 Å². The van der Waals surface area contributed by atoms with Gasteiger partial charge in [-0.25, -0.2) is 0 Å². The van der Waals surface area contributed by atoms with Crippen molar-refractivity contribution in [1.29, 1.82) is 0 Å². The number of carboxylic acid groups (broad SMARTS) is 1. The number of carbonyl (C=O) groups is 2. The number of carbonyl (C=O) groups excluding carboxylic acids is 1. The summed E-state index contributed by atoms with van der Waals surface area (Å²) in [5, 5.41) is 8.81. The second kappa shape index (κ2) is 3.26. The van der Waals surface area contributed by atoms with Crippen LogP contribution in [0.1, 0.15) is 26.2 Å². The van der Waals surface area contributed by atoms with Crippen LogP contribution in [0.15, 0.2) is 0 Å². The summed E-state index contributed by atoms with van der Waals surface area (Å²) in [7, 11) is 0. The van der Waals surface area contributed by atoms with Gasteiger partial charge < -0.3 is 10.0 Å². The van der Waals surface area contributed by atoms with Gasteiger partial charge in [-0.1, -0.05) is 0 Å². The van der Waals surface area contributed by atoms with Gasteiger partial charge in [0.2, 0.25) is 5.91 Å². The first-order chi connectivity index (χ1) is 6.59.